The molecule has 1 atom stereocenters. The minimum Gasteiger partial charge on any atom is -0.337 e. The summed E-state index contributed by atoms with van der Waals surface area (Å²) in [5.41, 5.74) is 3.31. The second-order valence-electron chi connectivity index (χ2n) is 7.47. The normalized spacial score (nSPS) is 11.8. The van der Waals surface area contributed by atoms with Crippen LogP contribution in [0.15, 0.2) is 103 Å². The summed E-state index contributed by atoms with van der Waals surface area (Å²) in [6.07, 6.45) is 3.62. The first kappa shape index (κ1) is 20.4. The molecular formula is C26H26N4O. The number of aryl methyl sites for hydroxylation is 1. The number of rotatable bonds is 7. The van der Waals surface area contributed by atoms with Crippen molar-refractivity contribution in [1.29, 1.82) is 0 Å². The maximum absolute atomic E-state index is 12.9. The lowest BCUT2D eigenvalue weighted by Gasteiger charge is -2.22. The third-order valence-corrected chi connectivity index (χ3v) is 5.40. The van der Waals surface area contributed by atoms with Crippen LogP contribution in [0.25, 0.3) is 0 Å². The molecule has 2 amide bonds. The molecule has 0 unspecified atom stereocenters. The van der Waals surface area contributed by atoms with Gasteiger partial charge in [0.05, 0.1) is 0 Å². The summed E-state index contributed by atoms with van der Waals surface area (Å²) in [6.45, 7) is 0.488. The molecule has 0 saturated carbocycles. The highest BCUT2D eigenvalue weighted by Gasteiger charge is 2.21. The molecule has 0 bridgehead atoms. The van der Waals surface area contributed by atoms with Crippen LogP contribution in [-0.2, 0) is 7.05 Å². The van der Waals surface area contributed by atoms with Crippen molar-refractivity contribution in [2.24, 2.45) is 7.05 Å². The molecule has 0 aliphatic heterocycles. The minimum atomic E-state index is -0.340. The SMILES string of the molecule is Cn1ccnc1[C@H](NC(=O)NCC(c1ccccc1)c1ccccc1)c1ccccc1. The molecular weight excluding hydrogens is 384 g/mol. The van der Waals surface area contributed by atoms with E-state index < -0.39 is 0 Å². The number of imidazole rings is 1. The van der Waals surface area contributed by atoms with Gasteiger partial charge in [0.15, 0.2) is 0 Å². The lowest BCUT2D eigenvalue weighted by Crippen LogP contribution is -2.41. The molecule has 0 saturated heterocycles. The first-order valence-corrected chi connectivity index (χ1v) is 10.4. The van der Waals surface area contributed by atoms with Gasteiger partial charge in [-0.1, -0.05) is 91.0 Å². The molecule has 4 aromatic rings. The molecule has 31 heavy (non-hydrogen) atoms. The fraction of sp³-hybridized carbons (Fsp3) is 0.154. The molecule has 156 valence electrons. The standard InChI is InChI=1S/C26H26N4O/c1-30-18-17-27-25(30)24(22-15-9-4-10-16-22)29-26(31)28-19-23(20-11-5-2-6-12-20)21-13-7-3-8-14-21/h2-18,23-24H,19H2,1H3,(H2,28,29,31)/t24-/m1/s1. The van der Waals surface area contributed by atoms with Crippen LogP contribution in [0.5, 0.6) is 0 Å². The summed E-state index contributed by atoms with van der Waals surface area (Å²) in [5.74, 6) is 0.848. The number of nitrogens with one attached hydrogen (secondary N) is 2. The van der Waals surface area contributed by atoms with Crippen LogP contribution in [0.4, 0.5) is 4.79 Å². The maximum Gasteiger partial charge on any atom is 0.315 e. The molecule has 0 spiro atoms. The second kappa shape index (κ2) is 9.76. The number of aromatic nitrogens is 2. The van der Waals surface area contributed by atoms with E-state index in [0.29, 0.717) is 6.54 Å². The van der Waals surface area contributed by atoms with E-state index in [1.165, 1.54) is 0 Å². The van der Waals surface area contributed by atoms with Gasteiger partial charge in [-0.3, -0.25) is 0 Å². The average Bonchev–Trinajstić information content (AvgIpc) is 3.25. The molecule has 1 aromatic heterocycles. The van der Waals surface area contributed by atoms with E-state index in [0.717, 1.165) is 22.5 Å². The van der Waals surface area contributed by atoms with Crippen LogP contribution >= 0.6 is 0 Å². The topological polar surface area (TPSA) is 59.0 Å². The zero-order valence-electron chi connectivity index (χ0n) is 17.5. The van der Waals surface area contributed by atoms with Crippen molar-refractivity contribution in [3.63, 3.8) is 0 Å². The zero-order valence-corrected chi connectivity index (χ0v) is 17.5. The smallest absolute Gasteiger partial charge is 0.315 e. The van der Waals surface area contributed by atoms with Crippen LogP contribution in [0, 0.1) is 0 Å². The van der Waals surface area contributed by atoms with E-state index in [1.54, 1.807) is 6.20 Å². The van der Waals surface area contributed by atoms with Gasteiger partial charge in [-0.25, -0.2) is 9.78 Å². The minimum absolute atomic E-state index is 0.0662. The van der Waals surface area contributed by atoms with Crippen molar-refractivity contribution in [3.8, 4) is 0 Å². The highest BCUT2D eigenvalue weighted by atomic mass is 16.2. The van der Waals surface area contributed by atoms with Crippen molar-refractivity contribution >= 4 is 6.03 Å². The van der Waals surface area contributed by atoms with Gasteiger partial charge in [0.1, 0.15) is 11.9 Å². The van der Waals surface area contributed by atoms with Crippen molar-refractivity contribution < 1.29 is 4.79 Å². The lowest BCUT2D eigenvalue weighted by molar-refractivity contribution is 0.238. The van der Waals surface area contributed by atoms with Crippen molar-refractivity contribution in [2.75, 3.05) is 6.54 Å². The summed E-state index contributed by atoms with van der Waals surface area (Å²) in [4.78, 5) is 17.4. The zero-order chi connectivity index (χ0) is 21.5. The van der Waals surface area contributed by atoms with E-state index in [1.807, 2.05) is 84.5 Å². The molecule has 3 aromatic carbocycles. The largest absolute Gasteiger partial charge is 0.337 e. The molecule has 5 nitrogen and oxygen atoms in total. The molecule has 2 N–H and O–H groups in total. The van der Waals surface area contributed by atoms with Crippen molar-refractivity contribution in [1.82, 2.24) is 20.2 Å². The number of carbonyl (C=O) groups excluding carboxylic acids is 1. The van der Waals surface area contributed by atoms with Gasteiger partial charge in [-0.15, -0.1) is 0 Å². The predicted molar refractivity (Wildman–Crippen MR) is 123 cm³/mol. The third kappa shape index (κ3) is 5.01. The quantitative estimate of drug-likeness (QED) is 0.466. The van der Waals surface area contributed by atoms with E-state index in [4.69, 9.17) is 0 Å². The van der Waals surface area contributed by atoms with Gasteiger partial charge in [0.2, 0.25) is 0 Å². The van der Waals surface area contributed by atoms with Gasteiger partial charge in [-0.05, 0) is 16.7 Å². The van der Waals surface area contributed by atoms with Crippen LogP contribution in [0.3, 0.4) is 0 Å². The Balaban J connectivity index is 1.51. The third-order valence-electron chi connectivity index (χ3n) is 5.40. The van der Waals surface area contributed by atoms with E-state index >= 15 is 0 Å². The van der Waals surface area contributed by atoms with Crippen molar-refractivity contribution in [2.45, 2.75) is 12.0 Å². The Kier molecular flexibility index (Phi) is 6.43. The van der Waals surface area contributed by atoms with Crippen LogP contribution < -0.4 is 10.6 Å². The summed E-state index contributed by atoms with van der Waals surface area (Å²) < 4.78 is 1.93. The highest BCUT2D eigenvalue weighted by molar-refractivity contribution is 5.75. The molecule has 0 aliphatic rings. The van der Waals surface area contributed by atoms with E-state index in [2.05, 4.69) is 39.9 Å². The van der Waals surface area contributed by atoms with Crippen LogP contribution in [-0.4, -0.2) is 22.1 Å². The molecule has 0 fully saturated rings. The Morgan fingerprint density at radius 3 is 1.84 bits per heavy atom. The van der Waals surface area contributed by atoms with Gasteiger partial charge >= 0.3 is 6.03 Å². The maximum atomic E-state index is 12.9. The van der Waals surface area contributed by atoms with Gasteiger partial charge in [0, 0.05) is 31.9 Å². The Labute approximate surface area is 182 Å². The molecule has 0 radical (unpaired) electrons. The molecule has 4 rings (SSSR count). The van der Waals surface area contributed by atoms with E-state index in [-0.39, 0.29) is 18.0 Å². The number of hydrogen-bond donors (Lipinski definition) is 2. The van der Waals surface area contributed by atoms with Gasteiger partial charge in [-0.2, -0.15) is 0 Å². The summed E-state index contributed by atoms with van der Waals surface area (Å²) in [7, 11) is 1.93. The molecule has 5 heteroatoms. The number of amides is 2. The Morgan fingerprint density at radius 2 is 1.35 bits per heavy atom. The summed E-state index contributed by atoms with van der Waals surface area (Å²) in [5, 5.41) is 6.18. The first-order valence-electron chi connectivity index (χ1n) is 10.4. The number of hydrogen-bond acceptors (Lipinski definition) is 2. The van der Waals surface area contributed by atoms with Crippen LogP contribution in [0.2, 0.25) is 0 Å². The first-order chi connectivity index (χ1) is 15.2. The van der Waals surface area contributed by atoms with Crippen LogP contribution in [0.1, 0.15) is 34.5 Å². The van der Waals surface area contributed by atoms with E-state index in [9.17, 15) is 4.79 Å². The van der Waals surface area contributed by atoms with Gasteiger partial charge in [0.25, 0.3) is 0 Å². The Morgan fingerprint density at radius 1 is 0.839 bits per heavy atom. The fourth-order valence-corrected chi connectivity index (χ4v) is 3.77. The predicted octanol–water partition coefficient (Wildman–Crippen LogP) is 4.64. The number of benzene rings is 3. The Bertz CT molecular complexity index is 1050. The lowest BCUT2D eigenvalue weighted by atomic mass is 9.91. The number of nitrogens with zero attached hydrogens (tertiary/aromatic N) is 2. The van der Waals surface area contributed by atoms with Crippen molar-refractivity contribution in [3.05, 3.63) is 126 Å². The number of carbonyl (C=O) groups is 1. The molecule has 0 aliphatic carbocycles. The highest BCUT2D eigenvalue weighted by Crippen LogP contribution is 2.24. The monoisotopic (exact) mass is 410 g/mol. The second-order valence-corrected chi connectivity index (χ2v) is 7.47. The Hall–Kier alpha value is -3.86. The summed E-state index contributed by atoms with van der Waals surface area (Å²) in [6, 6.07) is 29.8. The average molecular weight is 411 g/mol. The number of urea groups is 1. The fourth-order valence-electron chi connectivity index (χ4n) is 3.77. The van der Waals surface area contributed by atoms with Gasteiger partial charge < -0.3 is 15.2 Å². The summed E-state index contributed by atoms with van der Waals surface area (Å²) >= 11 is 0. The molecule has 1 heterocycles.